The van der Waals surface area contributed by atoms with Crippen molar-refractivity contribution in [1.82, 2.24) is 9.88 Å². The first-order chi connectivity index (χ1) is 14.7. The van der Waals surface area contributed by atoms with Gasteiger partial charge >= 0.3 is 0 Å². The fourth-order valence-corrected chi connectivity index (χ4v) is 4.27. The molecule has 0 unspecified atom stereocenters. The van der Waals surface area contributed by atoms with Crippen LogP contribution >= 0.6 is 0 Å². The van der Waals surface area contributed by atoms with Gasteiger partial charge in [0.05, 0.1) is 11.3 Å². The molecule has 1 aliphatic heterocycles. The van der Waals surface area contributed by atoms with E-state index in [0.29, 0.717) is 52.1 Å². The molecule has 2 aromatic carbocycles. The molecule has 0 amide bonds. The molecule has 154 valence electrons. The Bertz CT molecular complexity index is 1210. The lowest BCUT2D eigenvalue weighted by Gasteiger charge is -2.15. The number of rotatable bonds is 7. The van der Waals surface area contributed by atoms with E-state index < -0.39 is 0 Å². The molecule has 0 saturated carbocycles. The van der Waals surface area contributed by atoms with E-state index in [-0.39, 0.29) is 24.7 Å². The zero-order valence-corrected chi connectivity index (χ0v) is 16.4. The summed E-state index contributed by atoms with van der Waals surface area (Å²) in [5.74, 6) is 1.05. The van der Waals surface area contributed by atoms with Crippen molar-refractivity contribution in [3.8, 4) is 22.8 Å². The largest absolute Gasteiger partial charge is 0.454 e. The molecule has 2 heterocycles. The van der Waals surface area contributed by atoms with Crippen LogP contribution in [-0.4, -0.2) is 41.9 Å². The smallest absolute Gasteiger partial charge is 0.258 e. The third-order valence-electron chi connectivity index (χ3n) is 5.67. The normalized spacial score (nSPS) is 13.7. The standard InChI is InChI=1S/C23H22N2O5/c26-10-4-8-24-7-3-9-25-21-16-11-18-19(30-13-29-18)12-17(16)22(27)20(21)14-5-1-2-6-15(14)23(25)28/h1-2,5-6,11-12,24,26H,3-4,7-10,13H2. The number of aliphatic hydroxyl groups excluding tert-OH is 1. The summed E-state index contributed by atoms with van der Waals surface area (Å²) in [4.78, 5) is 26.7. The molecule has 0 radical (unpaired) electrons. The maximum atomic E-state index is 13.4. The second-order valence-electron chi connectivity index (χ2n) is 7.49. The minimum atomic E-state index is -0.0991. The van der Waals surface area contributed by atoms with Crippen LogP contribution in [0, 0.1) is 0 Å². The number of nitrogens with one attached hydrogen (secondary N) is 1. The Labute approximate surface area is 172 Å². The van der Waals surface area contributed by atoms with E-state index in [1.54, 1.807) is 16.7 Å². The first-order valence-electron chi connectivity index (χ1n) is 10.2. The van der Waals surface area contributed by atoms with Gasteiger partial charge in [-0.25, -0.2) is 0 Å². The second kappa shape index (κ2) is 7.59. The number of pyridine rings is 1. The third-order valence-corrected chi connectivity index (χ3v) is 5.67. The molecule has 0 spiro atoms. The zero-order chi connectivity index (χ0) is 20.7. The number of ether oxygens (including phenoxy) is 2. The molecule has 30 heavy (non-hydrogen) atoms. The van der Waals surface area contributed by atoms with Gasteiger partial charge in [0.2, 0.25) is 6.79 Å². The number of hydrogen-bond acceptors (Lipinski definition) is 6. The van der Waals surface area contributed by atoms with Crippen molar-refractivity contribution in [2.45, 2.75) is 19.4 Å². The topological polar surface area (TPSA) is 89.8 Å². The monoisotopic (exact) mass is 406 g/mol. The number of aliphatic hydroxyl groups is 1. The van der Waals surface area contributed by atoms with E-state index in [4.69, 9.17) is 14.6 Å². The number of carbonyl (C=O) groups excluding carboxylic acids is 1. The Balaban J connectivity index is 1.62. The van der Waals surface area contributed by atoms with Gasteiger partial charge in [0.1, 0.15) is 0 Å². The van der Waals surface area contributed by atoms with Gasteiger partial charge in [-0.3, -0.25) is 9.59 Å². The highest BCUT2D eigenvalue weighted by atomic mass is 16.7. The highest BCUT2D eigenvalue weighted by Crippen LogP contribution is 2.45. The average Bonchev–Trinajstić information content (AvgIpc) is 3.33. The van der Waals surface area contributed by atoms with Gasteiger partial charge in [-0.2, -0.15) is 0 Å². The van der Waals surface area contributed by atoms with E-state index in [9.17, 15) is 9.59 Å². The van der Waals surface area contributed by atoms with E-state index in [2.05, 4.69) is 5.32 Å². The molecule has 7 heteroatoms. The molecular formula is C23H22N2O5. The lowest BCUT2D eigenvalue weighted by molar-refractivity contribution is 0.104. The van der Waals surface area contributed by atoms with Crippen molar-refractivity contribution in [2.75, 3.05) is 26.5 Å². The van der Waals surface area contributed by atoms with Gasteiger partial charge in [-0.15, -0.1) is 0 Å². The van der Waals surface area contributed by atoms with Crippen LogP contribution in [0.2, 0.25) is 0 Å². The number of aromatic nitrogens is 1. The van der Waals surface area contributed by atoms with Gasteiger partial charge in [0.15, 0.2) is 17.3 Å². The molecule has 1 aromatic heterocycles. The molecule has 0 atom stereocenters. The minimum absolute atomic E-state index is 0.0932. The first-order valence-corrected chi connectivity index (χ1v) is 10.2. The summed E-state index contributed by atoms with van der Waals surface area (Å²) in [6.07, 6.45) is 1.42. The lowest BCUT2D eigenvalue weighted by atomic mass is 10.0. The molecule has 0 bridgehead atoms. The zero-order valence-electron chi connectivity index (χ0n) is 16.4. The molecule has 2 N–H and O–H groups in total. The Morgan fingerprint density at radius 1 is 0.967 bits per heavy atom. The Morgan fingerprint density at radius 3 is 2.43 bits per heavy atom. The molecule has 7 nitrogen and oxygen atoms in total. The Kier molecular flexibility index (Phi) is 4.77. The summed E-state index contributed by atoms with van der Waals surface area (Å²) in [6.45, 7) is 2.21. The highest BCUT2D eigenvalue weighted by molar-refractivity contribution is 6.27. The van der Waals surface area contributed by atoms with Gasteiger partial charge in [0.25, 0.3) is 5.56 Å². The summed E-state index contributed by atoms with van der Waals surface area (Å²) in [5.41, 5.74) is 2.39. The van der Waals surface area contributed by atoms with E-state index in [0.717, 1.165) is 25.1 Å². The number of hydrogen-bond donors (Lipinski definition) is 2. The first kappa shape index (κ1) is 18.8. The van der Waals surface area contributed by atoms with Crippen LogP contribution in [0.25, 0.3) is 22.0 Å². The second-order valence-corrected chi connectivity index (χ2v) is 7.49. The van der Waals surface area contributed by atoms with Crippen LogP contribution in [0.4, 0.5) is 0 Å². The quantitative estimate of drug-likeness (QED) is 0.458. The maximum Gasteiger partial charge on any atom is 0.258 e. The molecule has 5 rings (SSSR count). The van der Waals surface area contributed by atoms with E-state index in [1.165, 1.54) is 0 Å². The number of ketones is 1. The van der Waals surface area contributed by atoms with Gasteiger partial charge < -0.3 is 24.5 Å². The third kappa shape index (κ3) is 2.89. The molecular weight excluding hydrogens is 384 g/mol. The Hall–Kier alpha value is -3.16. The molecule has 0 saturated heterocycles. The van der Waals surface area contributed by atoms with Crippen molar-refractivity contribution < 1.29 is 19.4 Å². The summed E-state index contributed by atoms with van der Waals surface area (Å²) in [7, 11) is 0. The van der Waals surface area contributed by atoms with Crippen molar-refractivity contribution in [1.29, 1.82) is 0 Å². The van der Waals surface area contributed by atoms with Crippen LogP contribution < -0.4 is 20.3 Å². The molecule has 2 aliphatic rings. The van der Waals surface area contributed by atoms with Gasteiger partial charge in [-0.1, -0.05) is 18.2 Å². The Morgan fingerprint density at radius 2 is 1.67 bits per heavy atom. The number of benzene rings is 2. The van der Waals surface area contributed by atoms with Crippen molar-refractivity contribution in [3.63, 3.8) is 0 Å². The summed E-state index contributed by atoms with van der Waals surface area (Å²) in [5, 5.41) is 13.4. The summed E-state index contributed by atoms with van der Waals surface area (Å²) in [6, 6.07) is 10.8. The van der Waals surface area contributed by atoms with Crippen LogP contribution in [0.15, 0.2) is 41.2 Å². The molecule has 1 aliphatic carbocycles. The van der Waals surface area contributed by atoms with Crippen LogP contribution in [0.1, 0.15) is 28.8 Å². The SMILES string of the molecule is O=C1c2cc3c(cc2-c2c1c1ccccc1c(=O)n2CCCNCCCO)OCO3. The molecule has 3 aromatic rings. The van der Waals surface area contributed by atoms with Crippen molar-refractivity contribution >= 4 is 16.6 Å². The maximum absolute atomic E-state index is 13.4. The fourth-order valence-electron chi connectivity index (χ4n) is 4.27. The fraction of sp³-hybridized carbons (Fsp3) is 0.304. The van der Waals surface area contributed by atoms with Crippen LogP contribution in [0.5, 0.6) is 11.5 Å². The summed E-state index contributed by atoms with van der Waals surface area (Å²) < 4.78 is 12.7. The number of carbonyl (C=O) groups is 1. The van der Waals surface area contributed by atoms with E-state index in [1.807, 2.05) is 24.3 Å². The predicted octanol–water partition coefficient (Wildman–Crippen LogP) is 2.30. The van der Waals surface area contributed by atoms with Crippen molar-refractivity contribution in [2.24, 2.45) is 0 Å². The van der Waals surface area contributed by atoms with Crippen LogP contribution in [0.3, 0.4) is 0 Å². The van der Waals surface area contributed by atoms with E-state index >= 15 is 0 Å². The minimum Gasteiger partial charge on any atom is -0.454 e. The number of nitrogens with zero attached hydrogens (tertiary/aromatic N) is 1. The van der Waals surface area contributed by atoms with Crippen molar-refractivity contribution in [3.05, 3.63) is 57.9 Å². The summed E-state index contributed by atoms with van der Waals surface area (Å²) >= 11 is 0. The van der Waals surface area contributed by atoms with Gasteiger partial charge in [0, 0.05) is 35.1 Å². The highest BCUT2D eigenvalue weighted by Gasteiger charge is 2.35. The van der Waals surface area contributed by atoms with Gasteiger partial charge in [-0.05, 0) is 44.1 Å². The van der Waals surface area contributed by atoms with Crippen LogP contribution in [-0.2, 0) is 6.54 Å². The molecule has 0 fully saturated rings. The predicted molar refractivity (Wildman–Crippen MR) is 112 cm³/mol. The average molecular weight is 406 g/mol. The number of fused-ring (bicyclic) bond motifs is 6. The lowest BCUT2D eigenvalue weighted by Crippen LogP contribution is -2.26.